The second kappa shape index (κ2) is 8.85. The Kier molecular flexibility index (Phi) is 20.5. The Morgan fingerprint density at radius 3 is 1.25 bits per heavy atom. The summed E-state index contributed by atoms with van der Waals surface area (Å²) < 4.78 is 0. The molecule has 0 fully saturated rings. The first-order valence-corrected chi connectivity index (χ1v) is 2.82. The van der Waals surface area contributed by atoms with Crippen LogP contribution in [0.3, 0.4) is 0 Å². The molecule has 0 atom stereocenters. The van der Waals surface area contributed by atoms with Gasteiger partial charge in [-0.15, -0.1) is 24.0 Å². The van der Waals surface area contributed by atoms with Crippen LogP contribution < -0.4 is 0 Å². The fourth-order valence-corrected chi connectivity index (χ4v) is 0. The van der Waals surface area contributed by atoms with Gasteiger partial charge in [-0.05, 0) is 0 Å². The van der Waals surface area contributed by atoms with Crippen LogP contribution in [0.2, 0.25) is 0 Å². The summed E-state index contributed by atoms with van der Waals surface area (Å²) in [7, 11) is 9.34. The summed E-state index contributed by atoms with van der Waals surface area (Å²) >= 11 is 0.757. The summed E-state index contributed by atoms with van der Waals surface area (Å²) in [6, 6.07) is 0. The molecule has 4 heteroatoms. The van der Waals surface area contributed by atoms with Crippen molar-refractivity contribution in [3.8, 4) is 0 Å². The first kappa shape index (κ1) is 9.27. The zero-order valence-electron chi connectivity index (χ0n) is 1.47. The zero-order chi connectivity index (χ0) is 2.71. The maximum absolute atomic E-state index is 4.67. The van der Waals surface area contributed by atoms with Gasteiger partial charge in [-0.1, -0.05) is 0 Å². The number of hydrogen-bond donors (Lipinski definition) is 0. The van der Waals surface area contributed by atoms with Gasteiger partial charge in [0.05, 0.1) is 0 Å². The van der Waals surface area contributed by atoms with Crippen molar-refractivity contribution in [3.05, 3.63) is 0 Å². The summed E-state index contributed by atoms with van der Waals surface area (Å²) in [5.41, 5.74) is 0. The summed E-state index contributed by atoms with van der Waals surface area (Å²) in [4.78, 5) is 0. The molecule has 0 aromatic heterocycles. The second-order valence-corrected chi connectivity index (χ2v) is 1.60. The van der Waals surface area contributed by atoms with Crippen molar-refractivity contribution in [2.45, 2.75) is 0 Å². The second-order valence-electron chi connectivity index (χ2n) is 0.0431. The van der Waals surface area contributed by atoms with Crippen molar-refractivity contribution in [1.82, 2.24) is 0 Å². The van der Waals surface area contributed by atoms with Crippen LogP contribution in [0.5, 0.6) is 0 Å². The van der Waals surface area contributed by atoms with Crippen molar-refractivity contribution in [2.75, 3.05) is 0 Å². The monoisotopic (exact) mass is 261 g/mol. The van der Waals surface area contributed by atoms with E-state index < -0.39 is 0 Å². The fourth-order valence-electron chi connectivity index (χ4n) is 0. The van der Waals surface area contributed by atoms with Crippen LogP contribution in [0.1, 0.15) is 0 Å². The Balaban J connectivity index is 0. The molecule has 0 bridgehead atoms. The molecule has 0 aromatic carbocycles. The quantitative estimate of drug-likeness (QED) is 0.463. The molecular weight excluding hydrogens is 261 g/mol. The van der Waals surface area contributed by atoms with E-state index in [1.54, 1.807) is 0 Å². The van der Waals surface area contributed by atoms with E-state index >= 15 is 0 Å². The van der Waals surface area contributed by atoms with Crippen LogP contribution in [0, 0.1) is 0 Å². The fraction of sp³-hybridized carbons (Fsp3) is 0. The number of rotatable bonds is 0. The molecule has 0 saturated carbocycles. The van der Waals surface area contributed by atoms with Crippen LogP contribution in [0.15, 0.2) is 0 Å². The van der Waals surface area contributed by atoms with E-state index in [0.717, 1.165) is 13.1 Å². The zero-order valence-corrected chi connectivity index (χ0v) is 6.25. The molecule has 0 amide bonds. The summed E-state index contributed by atoms with van der Waals surface area (Å²) in [5.74, 6) is 0. The molecule has 0 aliphatic carbocycles. The van der Waals surface area contributed by atoms with E-state index in [9.17, 15) is 0 Å². The van der Waals surface area contributed by atoms with E-state index in [-0.39, 0.29) is 24.0 Å². The number of halogens is 3. The van der Waals surface area contributed by atoms with Gasteiger partial charge in [-0.2, -0.15) is 0 Å². The van der Waals surface area contributed by atoms with E-state index in [1.807, 2.05) is 0 Å². The first-order valence-electron chi connectivity index (χ1n) is 0.228. The Hall–Kier alpha value is 1.83. The molecule has 33 valence electrons. The Morgan fingerprint density at radius 2 is 1.25 bits per heavy atom. The molecule has 0 unspecified atom stereocenters. The van der Waals surface area contributed by atoms with E-state index in [4.69, 9.17) is 0 Å². The van der Waals surface area contributed by atoms with E-state index in [1.165, 1.54) is 0 Å². The van der Waals surface area contributed by atoms with E-state index in [2.05, 4.69) is 20.2 Å². The van der Waals surface area contributed by atoms with Crippen LogP contribution in [0.4, 0.5) is 0 Å². The minimum absolute atomic E-state index is 0. The molecule has 0 heterocycles. The molecule has 0 rings (SSSR count). The topological polar surface area (TPSA) is 0 Å². The van der Waals surface area contributed by atoms with Crippen molar-refractivity contribution in [2.24, 2.45) is 0 Å². The van der Waals surface area contributed by atoms with Gasteiger partial charge in [0, 0.05) is 0 Å². The number of hydrogen-bond acceptors (Lipinski definition) is 0. The Bertz CT molecular complexity index is 6.00. The molecule has 0 aliphatic rings. The van der Waals surface area contributed by atoms with Crippen molar-refractivity contribution >= 4 is 44.2 Å². The summed E-state index contributed by atoms with van der Waals surface area (Å²) in [5, 5.41) is 0. The maximum atomic E-state index is 4.67. The third-order valence-corrected chi connectivity index (χ3v) is 0. The molecule has 0 aliphatic heterocycles. The van der Waals surface area contributed by atoms with Crippen LogP contribution >= 0.6 is 44.2 Å². The molecule has 0 saturated heterocycles. The summed E-state index contributed by atoms with van der Waals surface area (Å²) in [6.45, 7) is 0. The van der Waals surface area contributed by atoms with Gasteiger partial charge in [0.15, 0.2) is 0 Å². The molecule has 4 heavy (non-hydrogen) atoms. The molecular formula is HCl2CuI. The van der Waals surface area contributed by atoms with Crippen molar-refractivity contribution < 1.29 is 13.1 Å². The first-order chi connectivity index (χ1) is 1.41. The normalized spacial score (nSPS) is 5.50. The average molecular weight is 262 g/mol. The minimum atomic E-state index is 0. The molecule has 0 N–H and O–H groups in total. The molecule has 0 radical (unpaired) electrons. The Morgan fingerprint density at radius 1 is 1.25 bits per heavy atom. The average Bonchev–Trinajstić information content (AvgIpc) is 0.918. The SMILES string of the molecule is I.[Cl][Cu][Cl]. The standard InChI is InChI=1S/2ClH.Cu.HI/h2*1H;;1H/q;;+2;/p-2. The van der Waals surface area contributed by atoms with Gasteiger partial charge in [-0.25, -0.2) is 0 Å². The van der Waals surface area contributed by atoms with Gasteiger partial charge in [-0.3, -0.25) is 0 Å². The molecule has 0 spiro atoms. The van der Waals surface area contributed by atoms with Gasteiger partial charge in [0.1, 0.15) is 0 Å². The van der Waals surface area contributed by atoms with Crippen LogP contribution in [0.25, 0.3) is 0 Å². The van der Waals surface area contributed by atoms with Gasteiger partial charge >= 0.3 is 33.3 Å². The van der Waals surface area contributed by atoms with Crippen LogP contribution in [-0.2, 0) is 13.1 Å². The van der Waals surface area contributed by atoms with Gasteiger partial charge < -0.3 is 0 Å². The van der Waals surface area contributed by atoms with E-state index in [0.29, 0.717) is 0 Å². The van der Waals surface area contributed by atoms with Crippen LogP contribution in [-0.4, -0.2) is 0 Å². The predicted molar refractivity (Wildman–Crippen MR) is 27.1 cm³/mol. The van der Waals surface area contributed by atoms with Gasteiger partial charge in [0.2, 0.25) is 0 Å². The van der Waals surface area contributed by atoms with Crippen molar-refractivity contribution in [3.63, 3.8) is 0 Å². The predicted octanol–water partition coefficient (Wildman–Crippen LogP) is 1.99. The Labute approximate surface area is 56.9 Å². The van der Waals surface area contributed by atoms with Crippen molar-refractivity contribution in [1.29, 1.82) is 0 Å². The molecule has 0 nitrogen and oxygen atoms in total. The third-order valence-electron chi connectivity index (χ3n) is 0. The third kappa shape index (κ3) is 9.16. The van der Waals surface area contributed by atoms with Gasteiger partial charge in [0.25, 0.3) is 0 Å². The molecule has 0 aromatic rings. The summed E-state index contributed by atoms with van der Waals surface area (Å²) in [6.07, 6.45) is 0.